The van der Waals surface area contributed by atoms with Crippen molar-refractivity contribution in [3.05, 3.63) is 0 Å². The van der Waals surface area contributed by atoms with Crippen molar-refractivity contribution in [3.8, 4) is 0 Å². The molecule has 0 rings (SSSR count). The van der Waals surface area contributed by atoms with Gasteiger partial charge in [0.05, 0.1) is 13.1 Å². The van der Waals surface area contributed by atoms with Crippen LogP contribution in [-0.2, 0) is 14.4 Å². The molecule has 10 nitrogen and oxygen atoms in total. The first-order valence-corrected chi connectivity index (χ1v) is 5.75. The van der Waals surface area contributed by atoms with Crippen molar-refractivity contribution in [1.29, 1.82) is 0 Å². The Morgan fingerprint density at radius 3 is 1.40 bits per heavy atom. The van der Waals surface area contributed by atoms with Gasteiger partial charge in [0.1, 0.15) is 6.04 Å². The molecule has 0 radical (unpaired) electrons. The Morgan fingerprint density at radius 2 is 1.20 bits per heavy atom. The lowest BCUT2D eigenvalue weighted by Gasteiger charge is -2.03. The summed E-state index contributed by atoms with van der Waals surface area (Å²) in [7, 11) is 0. The van der Waals surface area contributed by atoms with Crippen molar-refractivity contribution in [2.24, 2.45) is 22.9 Å². The van der Waals surface area contributed by atoms with E-state index in [1.165, 1.54) is 0 Å². The lowest BCUT2D eigenvalue weighted by Crippen LogP contribution is -2.29. The van der Waals surface area contributed by atoms with E-state index in [0.717, 1.165) is 12.8 Å². The number of carboxylic acids is 3. The van der Waals surface area contributed by atoms with E-state index >= 15 is 0 Å². The number of unbranched alkanes of at least 4 members (excludes halogenated alkanes) is 1. The summed E-state index contributed by atoms with van der Waals surface area (Å²) in [5.41, 5.74) is 19.6. The number of nitrogens with two attached hydrogens (primary N) is 4. The molecule has 11 N–H and O–H groups in total. The zero-order valence-electron chi connectivity index (χ0n) is 11.2. The molecule has 0 spiro atoms. The van der Waals surface area contributed by atoms with Gasteiger partial charge in [0.25, 0.3) is 0 Å². The number of rotatable bonds is 7. The van der Waals surface area contributed by atoms with E-state index in [-0.39, 0.29) is 13.1 Å². The Kier molecular flexibility index (Phi) is 20.1. The molecule has 0 saturated heterocycles. The van der Waals surface area contributed by atoms with Gasteiger partial charge in [-0.3, -0.25) is 14.4 Å². The summed E-state index contributed by atoms with van der Waals surface area (Å²) in [6.45, 7) is 0.0480. The van der Waals surface area contributed by atoms with E-state index in [9.17, 15) is 14.4 Å². The highest BCUT2D eigenvalue weighted by atomic mass is 16.4. The molecule has 0 bridgehead atoms. The largest absolute Gasteiger partial charge is 0.480 e. The lowest BCUT2D eigenvalue weighted by atomic mass is 10.1. The number of hydrogen-bond donors (Lipinski definition) is 7. The SMILES string of the molecule is NCC(=O)O.NCC(=O)O.NCCCC[C@H](N)C(=O)O. The second-order valence-corrected chi connectivity index (χ2v) is 3.42. The van der Waals surface area contributed by atoms with Crippen molar-refractivity contribution in [2.75, 3.05) is 19.6 Å². The molecule has 0 aliphatic carbocycles. The van der Waals surface area contributed by atoms with Crippen LogP contribution in [0.25, 0.3) is 0 Å². The van der Waals surface area contributed by atoms with Crippen molar-refractivity contribution < 1.29 is 29.7 Å². The third kappa shape index (κ3) is 29.9. The van der Waals surface area contributed by atoms with E-state index in [4.69, 9.17) is 26.8 Å². The van der Waals surface area contributed by atoms with Crippen LogP contribution in [-0.4, -0.2) is 58.9 Å². The number of carbonyl (C=O) groups is 3. The van der Waals surface area contributed by atoms with Crippen LogP contribution in [0.15, 0.2) is 0 Å². The summed E-state index contributed by atoms with van der Waals surface area (Å²) in [5, 5.41) is 23.5. The second-order valence-electron chi connectivity index (χ2n) is 3.42. The molecule has 0 aromatic heterocycles. The van der Waals surface area contributed by atoms with Gasteiger partial charge in [-0.25, -0.2) is 0 Å². The quantitative estimate of drug-likeness (QED) is 0.247. The van der Waals surface area contributed by atoms with Gasteiger partial charge in [-0.05, 0) is 19.4 Å². The van der Waals surface area contributed by atoms with Gasteiger partial charge >= 0.3 is 17.9 Å². The van der Waals surface area contributed by atoms with E-state index in [1.807, 2.05) is 0 Å². The first-order chi connectivity index (χ1) is 9.22. The van der Waals surface area contributed by atoms with Gasteiger partial charge in [0.2, 0.25) is 0 Å². The fraction of sp³-hybridized carbons (Fsp3) is 0.700. The molecule has 0 unspecified atom stereocenters. The molecule has 0 aliphatic rings. The van der Waals surface area contributed by atoms with E-state index in [2.05, 4.69) is 11.5 Å². The molecule has 0 fully saturated rings. The van der Waals surface area contributed by atoms with Gasteiger partial charge in [-0.2, -0.15) is 0 Å². The van der Waals surface area contributed by atoms with Crippen LogP contribution in [0.5, 0.6) is 0 Å². The molecule has 120 valence electrons. The third-order valence-corrected chi connectivity index (χ3v) is 1.64. The lowest BCUT2D eigenvalue weighted by molar-refractivity contribution is -0.139. The van der Waals surface area contributed by atoms with Crippen LogP contribution >= 0.6 is 0 Å². The van der Waals surface area contributed by atoms with Crippen molar-refractivity contribution >= 4 is 17.9 Å². The Hall–Kier alpha value is -1.75. The van der Waals surface area contributed by atoms with Crippen LogP contribution in [0.1, 0.15) is 19.3 Å². The summed E-state index contributed by atoms with van der Waals surface area (Å²) in [4.78, 5) is 28.6. The van der Waals surface area contributed by atoms with Crippen molar-refractivity contribution in [3.63, 3.8) is 0 Å². The Labute approximate surface area is 116 Å². The van der Waals surface area contributed by atoms with Gasteiger partial charge < -0.3 is 38.3 Å². The standard InChI is InChI=1S/C6H14N2O2.2C2H5NO2/c7-4-2-1-3-5(8)6(9)10;2*3-1-2(4)5/h5H,1-4,7-8H2,(H,9,10);2*1,3H2,(H,4,5)/t5-;;/m0../s1. The molecular formula is C10H24N4O6. The Bertz CT molecular complexity index is 260. The fourth-order valence-electron chi connectivity index (χ4n) is 0.632. The van der Waals surface area contributed by atoms with E-state index in [0.29, 0.717) is 13.0 Å². The molecule has 0 amide bonds. The second kappa shape index (κ2) is 17.2. The predicted octanol–water partition coefficient (Wildman–Crippen LogP) is -2.41. The molecule has 0 heterocycles. The van der Waals surface area contributed by atoms with Crippen LogP contribution in [0.3, 0.4) is 0 Å². The molecule has 0 aromatic rings. The summed E-state index contributed by atoms with van der Waals surface area (Å²) >= 11 is 0. The third-order valence-electron chi connectivity index (χ3n) is 1.64. The maximum atomic E-state index is 10.1. The Balaban J connectivity index is -0.000000244. The summed E-state index contributed by atoms with van der Waals surface area (Å²) in [6, 6.07) is -0.716. The van der Waals surface area contributed by atoms with Crippen LogP contribution in [0, 0.1) is 0 Å². The summed E-state index contributed by atoms with van der Waals surface area (Å²) in [6.07, 6.45) is 2.16. The molecule has 0 aromatic carbocycles. The zero-order valence-corrected chi connectivity index (χ0v) is 11.2. The first kappa shape index (κ1) is 23.4. The summed E-state index contributed by atoms with van der Waals surface area (Å²) < 4.78 is 0. The van der Waals surface area contributed by atoms with Crippen LogP contribution in [0.2, 0.25) is 0 Å². The topological polar surface area (TPSA) is 216 Å². The van der Waals surface area contributed by atoms with E-state index in [1.54, 1.807) is 0 Å². The molecule has 0 aliphatic heterocycles. The van der Waals surface area contributed by atoms with Gasteiger partial charge in [0, 0.05) is 0 Å². The minimum atomic E-state index is -0.968. The van der Waals surface area contributed by atoms with Crippen molar-refractivity contribution in [2.45, 2.75) is 25.3 Å². The molecular weight excluding hydrogens is 272 g/mol. The smallest absolute Gasteiger partial charge is 0.320 e. The number of carboxylic acid groups (broad SMARTS) is 3. The Morgan fingerprint density at radius 1 is 0.850 bits per heavy atom. The highest BCUT2D eigenvalue weighted by Gasteiger charge is 2.09. The zero-order chi connectivity index (χ0) is 16.6. The maximum absolute atomic E-state index is 10.1. The van der Waals surface area contributed by atoms with Gasteiger partial charge in [-0.1, -0.05) is 6.42 Å². The van der Waals surface area contributed by atoms with E-state index < -0.39 is 23.9 Å². The fourth-order valence-corrected chi connectivity index (χ4v) is 0.632. The highest BCUT2D eigenvalue weighted by Crippen LogP contribution is 1.96. The number of aliphatic carboxylic acids is 3. The monoisotopic (exact) mass is 296 g/mol. The summed E-state index contributed by atoms with van der Waals surface area (Å²) in [5.74, 6) is -2.87. The average Bonchev–Trinajstić information content (AvgIpc) is 2.40. The normalized spacial score (nSPS) is 10.2. The number of hydrogen-bond acceptors (Lipinski definition) is 7. The highest BCUT2D eigenvalue weighted by molar-refractivity contribution is 5.72. The van der Waals surface area contributed by atoms with Crippen LogP contribution < -0.4 is 22.9 Å². The minimum Gasteiger partial charge on any atom is -0.480 e. The minimum absolute atomic E-state index is 0.278. The molecule has 1 atom stereocenters. The molecule has 20 heavy (non-hydrogen) atoms. The van der Waals surface area contributed by atoms with Crippen molar-refractivity contribution in [1.82, 2.24) is 0 Å². The average molecular weight is 296 g/mol. The molecule has 0 saturated carbocycles. The van der Waals surface area contributed by atoms with Gasteiger partial charge in [-0.15, -0.1) is 0 Å². The predicted molar refractivity (Wildman–Crippen MR) is 71.9 cm³/mol. The van der Waals surface area contributed by atoms with Gasteiger partial charge in [0.15, 0.2) is 0 Å². The first-order valence-electron chi connectivity index (χ1n) is 5.75. The maximum Gasteiger partial charge on any atom is 0.320 e. The molecule has 10 heteroatoms. The van der Waals surface area contributed by atoms with Crippen LogP contribution in [0.4, 0.5) is 0 Å².